The number of hydrogen-bond acceptors (Lipinski definition) is 7. The maximum atomic E-state index is 12.9. The van der Waals surface area contributed by atoms with E-state index in [0.29, 0.717) is 18.8 Å². The molecule has 0 aliphatic carbocycles. The molecule has 1 N–H and O–H groups in total. The molecule has 3 aliphatic heterocycles. The summed E-state index contributed by atoms with van der Waals surface area (Å²) in [5, 5.41) is 2.83. The Balaban J connectivity index is 1.35. The summed E-state index contributed by atoms with van der Waals surface area (Å²) in [6.07, 6.45) is 10.2. The van der Waals surface area contributed by atoms with Gasteiger partial charge in [0.25, 0.3) is 0 Å². The van der Waals surface area contributed by atoms with Crippen LogP contribution in [0, 0.1) is 0 Å². The number of unbranched alkanes of at least 4 members (excludes halogenated alkanes) is 7. The molecule has 0 spiro atoms. The van der Waals surface area contributed by atoms with Crippen LogP contribution < -0.4 is 5.32 Å². The highest BCUT2D eigenvalue weighted by molar-refractivity contribution is 5.84. The van der Waals surface area contributed by atoms with Crippen molar-refractivity contribution in [2.45, 2.75) is 115 Å². The van der Waals surface area contributed by atoms with Gasteiger partial charge in [-0.1, -0.05) is 70.1 Å². The SMILES string of the molecule is CCCCCCCCCCOCC12OC(CN3CCCC3)C(OC(=O)Nc3ccccc3)C1OC(C)(C)O2. The van der Waals surface area contributed by atoms with Gasteiger partial charge in [0, 0.05) is 18.8 Å². The molecule has 4 rings (SSSR count). The maximum Gasteiger partial charge on any atom is 0.412 e. The number of para-hydroxylation sites is 1. The first kappa shape index (κ1) is 29.3. The summed E-state index contributed by atoms with van der Waals surface area (Å²) in [7, 11) is 0. The number of carbonyl (C=O) groups excluding carboxylic acids is 1. The number of hydrogen-bond donors (Lipinski definition) is 1. The van der Waals surface area contributed by atoms with E-state index in [4.69, 9.17) is 23.7 Å². The molecule has 38 heavy (non-hydrogen) atoms. The zero-order valence-corrected chi connectivity index (χ0v) is 23.6. The standard InChI is InChI=1S/C30H48N2O6/c1-4-5-6-7-8-9-10-16-21-34-23-30-27(37-29(2,3)38-30)26(25(36-30)22-32-19-14-15-20-32)35-28(33)31-24-17-12-11-13-18-24/h11-13,17-18,25-27H,4-10,14-16,19-23H2,1-3H3,(H,31,33). The molecule has 3 fully saturated rings. The fourth-order valence-electron chi connectivity index (χ4n) is 5.81. The quantitative estimate of drug-likeness (QED) is 0.273. The third-order valence-electron chi connectivity index (χ3n) is 7.62. The Labute approximate surface area is 228 Å². The summed E-state index contributed by atoms with van der Waals surface area (Å²) < 4.78 is 31.4. The van der Waals surface area contributed by atoms with Gasteiger partial charge in [-0.25, -0.2) is 4.79 Å². The van der Waals surface area contributed by atoms with Crippen molar-refractivity contribution in [1.29, 1.82) is 0 Å². The first-order valence-electron chi connectivity index (χ1n) is 14.8. The van der Waals surface area contributed by atoms with Crippen molar-refractivity contribution in [3.05, 3.63) is 30.3 Å². The molecule has 0 aromatic heterocycles. The molecule has 3 heterocycles. The van der Waals surface area contributed by atoms with Crippen LogP contribution in [0.4, 0.5) is 10.5 Å². The molecule has 8 heteroatoms. The van der Waals surface area contributed by atoms with Gasteiger partial charge < -0.3 is 28.6 Å². The minimum absolute atomic E-state index is 0.244. The molecular weight excluding hydrogens is 484 g/mol. The Bertz CT molecular complexity index is 846. The highest BCUT2D eigenvalue weighted by Crippen LogP contribution is 2.47. The number of rotatable bonds is 15. The highest BCUT2D eigenvalue weighted by atomic mass is 16.9. The predicted octanol–water partition coefficient (Wildman–Crippen LogP) is 6.10. The average molecular weight is 533 g/mol. The normalized spacial score (nSPS) is 28.4. The lowest BCUT2D eigenvalue weighted by atomic mass is 10.0. The van der Waals surface area contributed by atoms with Crippen LogP contribution in [0.3, 0.4) is 0 Å². The van der Waals surface area contributed by atoms with Gasteiger partial charge in [-0.15, -0.1) is 0 Å². The van der Waals surface area contributed by atoms with E-state index in [9.17, 15) is 4.79 Å². The summed E-state index contributed by atoms with van der Waals surface area (Å²) >= 11 is 0. The summed E-state index contributed by atoms with van der Waals surface area (Å²) in [5.41, 5.74) is 0.677. The van der Waals surface area contributed by atoms with Gasteiger partial charge in [0.1, 0.15) is 12.7 Å². The third-order valence-corrected chi connectivity index (χ3v) is 7.62. The second kappa shape index (κ2) is 14.1. The molecule has 0 bridgehead atoms. The largest absolute Gasteiger partial charge is 0.440 e. The van der Waals surface area contributed by atoms with Gasteiger partial charge in [0.05, 0.1) is 0 Å². The van der Waals surface area contributed by atoms with Crippen molar-refractivity contribution in [1.82, 2.24) is 4.90 Å². The molecule has 0 saturated carbocycles. The molecule has 3 aliphatic rings. The van der Waals surface area contributed by atoms with E-state index in [-0.39, 0.29) is 12.7 Å². The third kappa shape index (κ3) is 8.15. The minimum Gasteiger partial charge on any atom is -0.440 e. The summed E-state index contributed by atoms with van der Waals surface area (Å²) in [4.78, 5) is 15.3. The molecule has 4 unspecified atom stereocenters. The Kier molecular flexibility index (Phi) is 10.8. The molecule has 4 atom stereocenters. The lowest BCUT2D eigenvalue weighted by molar-refractivity contribution is -0.278. The number of fused-ring (bicyclic) bond motifs is 1. The van der Waals surface area contributed by atoms with Crippen molar-refractivity contribution in [3.63, 3.8) is 0 Å². The van der Waals surface area contributed by atoms with Crippen molar-refractivity contribution < 1.29 is 28.5 Å². The van der Waals surface area contributed by atoms with Gasteiger partial charge >= 0.3 is 6.09 Å². The van der Waals surface area contributed by atoms with E-state index in [0.717, 1.165) is 25.9 Å². The monoisotopic (exact) mass is 532 g/mol. The van der Waals surface area contributed by atoms with Crippen molar-refractivity contribution in [2.75, 3.05) is 38.2 Å². The maximum absolute atomic E-state index is 12.9. The fraction of sp³-hybridized carbons (Fsp3) is 0.767. The Hall–Kier alpha value is -1.71. The Morgan fingerprint density at radius 2 is 1.68 bits per heavy atom. The van der Waals surface area contributed by atoms with Gasteiger partial charge in [-0.05, 0) is 58.3 Å². The second-order valence-corrected chi connectivity index (χ2v) is 11.4. The van der Waals surface area contributed by atoms with Crippen LogP contribution in [-0.4, -0.2) is 73.7 Å². The van der Waals surface area contributed by atoms with E-state index >= 15 is 0 Å². The summed E-state index contributed by atoms with van der Waals surface area (Å²) in [5.74, 6) is -1.98. The van der Waals surface area contributed by atoms with Crippen LogP contribution in [0.1, 0.15) is 85.0 Å². The number of benzene rings is 1. The van der Waals surface area contributed by atoms with E-state index in [1.165, 1.54) is 51.4 Å². The van der Waals surface area contributed by atoms with Crippen molar-refractivity contribution in [3.8, 4) is 0 Å². The number of nitrogens with one attached hydrogen (secondary N) is 1. The van der Waals surface area contributed by atoms with Crippen LogP contribution in [-0.2, 0) is 23.7 Å². The Morgan fingerprint density at radius 1 is 1.00 bits per heavy atom. The molecule has 214 valence electrons. The van der Waals surface area contributed by atoms with E-state index in [2.05, 4.69) is 17.1 Å². The Morgan fingerprint density at radius 3 is 2.39 bits per heavy atom. The van der Waals surface area contributed by atoms with Crippen LogP contribution in [0.5, 0.6) is 0 Å². The molecule has 3 saturated heterocycles. The van der Waals surface area contributed by atoms with Gasteiger partial charge in [-0.2, -0.15) is 0 Å². The number of likely N-dealkylation sites (tertiary alicyclic amines) is 1. The number of nitrogens with zero attached hydrogens (tertiary/aromatic N) is 1. The van der Waals surface area contributed by atoms with Crippen LogP contribution in [0.15, 0.2) is 30.3 Å². The fourth-order valence-corrected chi connectivity index (χ4v) is 5.81. The highest BCUT2D eigenvalue weighted by Gasteiger charge is 2.66. The van der Waals surface area contributed by atoms with Crippen LogP contribution in [0.25, 0.3) is 0 Å². The molecule has 8 nitrogen and oxygen atoms in total. The topological polar surface area (TPSA) is 78.5 Å². The lowest BCUT2D eigenvalue weighted by Gasteiger charge is -2.30. The first-order chi connectivity index (χ1) is 18.4. The molecular formula is C30H48N2O6. The van der Waals surface area contributed by atoms with Crippen LogP contribution in [0.2, 0.25) is 0 Å². The summed E-state index contributed by atoms with van der Waals surface area (Å²) in [6.45, 7) is 9.56. The molecule has 0 radical (unpaired) electrons. The number of anilines is 1. The number of carbonyl (C=O) groups is 1. The minimum atomic E-state index is -1.11. The van der Waals surface area contributed by atoms with Crippen molar-refractivity contribution in [2.24, 2.45) is 0 Å². The van der Waals surface area contributed by atoms with E-state index < -0.39 is 29.9 Å². The average Bonchev–Trinajstić information content (AvgIpc) is 3.55. The van der Waals surface area contributed by atoms with Gasteiger partial charge in [0.15, 0.2) is 18.0 Å². The zero-order valence-electron chi connectivity index (χ0n) is 23.6. The van der Waals surface area contributed by atoms with E-state index in [1.807, 2.05) is 44.2 Å². The molecule has 1 aromatic carbocycles. The molecule has 1 aromatic rings. The number of amides is 1. The van der Waals surface area contributed by atoms with Gasteiger partial charge in [0.2, 0.25) is 5.79 Å². The number of ether oxygens (including phenoxy) is 5. The van der Waals surface area contributed by atoms with Crippen LogP contribution >= 0.6 is 0 Å². The molecule has 1 amide bonds. The lowest BCUT2D eigenvalue weighted by Crippen LogP contribution is -2.46. The zero-order chi connectivity index (χ0) is 26.8. The van der Waals surface area contributed by atoms with E-state index in [1.54, 1.807) is 0 Å². The smallest absolute Gasteiger partial charge is 0.412 e. The predicted molar refractivity (Wildman–Crippen MR) is 147 cm³/mol. The first-order valence-corrected chi connectivity index (χ1v) is 14.8. The summed E-state index contributed by atoms with van der Waals surface area (Å²) in [6, 6.07) is 9.30. The van der Waals surface area contributed by atoms with Gasteiger partial charge in [-0.3, -0.25) is 5.32 Å². The van der Waals surface area contributed by atoms with Crippen molar-refractivity contribution >= 4 is 11.8 Å². The second-order valence-electron chi connectivity index (χ2n) is 11.4.